The summed E-state index contributed by atoms with van der Waals surface area (Å²) in [7, 11) is 0. The molecule has 0 radical (unpaired) electrons. The summed E-state index contributed by atoms with van der Waals surface area (Å²) in [6.07, 6.45) is 2.07. The van der Waals surface area contributed by atoms with E-state index in [0.29, 0.717) is 42.9 Å². The lowest BCUT2D eigenvalue weighted by Crippen LogP contribution is -2.52. The van der Waals surface area contributed by atoms with Crippen LogP contribution in [0.3, 0.4) is 0 Å². The van der Waals surface area contributed by atoms with Crippen LogP contribution < -0.4 is 16.0 Å². The highest BCUT2D eigenvalue weighted by Gasteiger charge is 2.40. The molecular formula is C26H34N4O7. The minimum atomic E-state index is -0.915. The fourth-order valence-electron chi connectivity index (χ4n) is 4.20. The fourth-order valence-corrected chi connectivity index (χ4v) is 4.20. The van der Waals surface area contributed by atoms with E-state index in [0.717, 1.165) is 0 Å². The average molecular weight is 515 g/mol. The number of anilines is 1. The molecule has 1 aromatic rings. The molecule has 0 saturated carbocycles. The second kappa shape index (κ2) is 12.0. The van der Waals surface area contributed by atoms with Gasteiger partial charge in [0.1, 0.15) is 17.7 Å². The van der Waals surface area contributed by atoms with E-state index in [-0.39, 0.29) is 31.2 Å². The maximum absolute atomic E-state index is 13.2. The molecule has 1 fully saturated rings. The lowest BCUT2D eigenvalue weighted by atomic mass is 10.0. The zero-order valence-electron chi connectivity index (χ0n) is 21.4. The maximum Gasteiger partial charge on any atom is 0.408 e. The van der Waals surface area contributed by atoms with Crippen molar-refractivity contribution in [2.75, 3.05) is 18.5 Å². The number of hydrogen-bond acceptors (Lipinski definition) is 7. The topological polar surface area (TPSA) is 143 Å². The highest BCUT2D eigenvalue weighted by Crippen LogP contribution is 2.32. The van der Waals surface area contributed by atoms with E-state index < -0.39 is 35.6 Å². The summed E-state index contributed by atoms with van der Waals surface area (Å²) in [5.74, 6) is -1.70. The third-order valence-electron chi connectivity index (χ3n) is 5.86. The Bertz CT molecular complexity index is 1080. The van der Waals surface area contributed by atoms with Crippen LogP contribution in [0.2, 0.25) is 0 Å². The number of piperidine rings is 1. The van der Waals surface area contributed by atoms with Crippen molar-refractivity contribution in [2.24, 2.45) is 0 Å². The Balaban J connectivity index is 1.73. The second-order valence-electron chi connectivity index (χ2n) is 9.93. The molecule has 11 nitrogen and oxygen atoms in total. The van der Waals surface area contributed by atoms with Gasteiger partial charge >= 0.3 is 6.09 Å². The highest BCUT2D eigenvalue weighted by atomic mass is 16.6. The van der Waals surface area contributed by atoms with Crippen LogP contribution in [-0.2, 0) is 30.4 Å². The van der Waals surface area contributed by atoms with Crippen molar-refractivity contribution in [3.63, 3.8) is 0 Å². The zero-order valence-corrected chi connectivity index (χ0v) is 21.4. The molecule has 3 N–H and O–H groups in total. The van der Waals surface area contributed by atoms with Crippen molar-refractivity contribution >= 4 is 35.4 Å². The third-order valence-corrected chi connectivity index (χ3v) is 5.86. The molecular weight excluding hydrogens is 480 g/mol. The van der Waals surface area contributed by atoms with E-state index >= 15 is 0 Å². The smallest absolute Gasteiger partial charge is 0.408 e. The Hall–Kier alpha value is -3.73. The summed E-state index contributed by atoms with van der Waals surface area (Å²) < 4.78 is 10.7. The molecule has 200 valence electrons. The van der Waals surface area contributed by atoms with Gasteiger partial charge in [-0.15, -0.1) is 6.58 Å². The van der Waals surface area contributed by atoms with Crippen LogP contribution in [0, 0.1) is 0 Å². The predicted octanol–water partition coefficient (Wildman–Crippen LogP) is 2.26. The fraction of sp³-hybridized carbons (Fsp3) is 0.500. The van der Waals surface area contributed by atoms with Crippen LogP contribution in [0.1, 0.15) is 62.4 Å². The van der Waals surface area contributed by atoms with Crippen molar-refractivity contribution in [1.29, 1.82) is 0 Å². The van der Waals surface area contributed by atoms with Gasteiger partial charge < -0.3 is 25.0 Å². The zero-order chi connectivity index (χ0) is 27.2. The van der Waals surface area contributed by atoms with Gasteiger partial charge in [-0.25, -0.2) is 4.79 Å². The number of imide groups is 1. The number of fused-ring (bicyclic) bond motifs is 1. The number of amides is 5. The van der Waals surface area contributed by atoms with Gasteiger partial charge in [-0.3, -0.25) is 24.5 Å². The van der Waals surface area contributed by atoms with Crippen LogP contribution in [0.15, 0.2) is 30.9 Å². The number of nitrogens with one attached hydrogen (secondary N) is 3. The van der Waals surface area contributed by atoms with Crippen LogP contribution in [0.5, 0.6) is 0 Å². The minimum Gasteiger partial charge on any atom is -0.444 e. The maximum atomic E-state index is 13.2. The molecule has 1 unspecified atom stereocenters. The molecule has 0 bridgehead atoms. The molecule has 2 aliphatic rings. The SMILES string of the molecule is C=CCOCCC[C@@H](NC(=O)OC(C)(C)C)C(=O)Nc1cccc2c1CN(C1CCC(=O)NC1=O)C2=O. The summed E-state index contributed by atoms with van der Waals surface area (Å²) in [6.45, 7) is 9.63. The molecule has 3 rings (SSSR count). The molecule has 11 heteroatoms. The Morgan fingerprint density at radius 3 is 2.70 bits per heavy atom. The Labute approximate surface area is 215 Å². The Morgan fingerprint density at radius 2 is 2.03 bits per heavy atom. The van der Waals surface area contributed by atoms with Crippen molar-refractivity contribution < 1.29 is 33.4 Å². The first kappa shape index (κ1) is 27.9. The normalized spacial score (nSPS) is 18.1. The van der Waals surface area contributed by atoms with Gasteiger partial charge in [0.25, 0.3) is 5.91 Å². The van der Waals surface area contributed by atoms with Crippen LogP contribution in [0.4, 0.5) is 10.5 Å². The molecule has 1 aromatic carbocycles. The standard InChI is InChI=1S/C26H34N4O7/c1-5-13-36-14-7-10-19(28-25(35)37-26(2,3)4)22(32)27-18-9-6-8-16-17(18)15-30(24(16)34)20-11-12-21(31)29-23(20)33/h5-6,8-9,19-20H,1,7,10-15H2,2-4H3,(H,27,32)(H,28,35)(H,29,31,33)/t19-,20?/m1/s1. The molecule has 2 aliphatic heterocycles. The third kappa shape index (κ3) is 7.39. The molecule has 1 saturated heterocycles. The van der Waals surface area contributed by atoms with Gasteiger partial charge in [0.15, 0.2) is 0 Å². The van der Waals surface area contributed by atoms with Crippen LogP contribution in [0.25, 0.3) is 0 Å². The first-order valence-corrected chi connectivity index (χ1v) is 12.3. The van der Waals surface area contributed by atoms with E-state index in [2.05, 4.69) is 22.5 Å². The monoisotopic (exact) mass is 514 g/mol. The van der Waals surface area contributed by atoms with Crippen molar-refractivity contribution in [1.82, 2.24) is 15.5 Å². The van der Waals surface area contributed by atoms with Gasteiger partial charge in [-0.2, -0.15) is 0 Å². The lowest BCUT2D eigenvalue weighted by Gasteiger charge is -2.29. The lowest BCUT2D eigenvalue weighted by molar-refractivity contribution is -0.137. The molecule has 2 heterocycles. The van der Waals surface area contributed by atoms with Crippen molar-refractivity contribution in [3.05, 3.63) is 42.0 Å². The van der Waals surface area contributed by atoms with Gasteiger partial charge in [-0.1, -0.05) is 12.1 Å². The second-order valence-corrected chi connectivity index (χ2v) is 9.93. The molecule has 0 spiro atoms. The molecule has 0 aliphatic carbocycles. The molecule has 2 atom stereocenters. The Morgan fingerprint density at radius 1 is 1.27 bits per heavy atom. The van der Waals surface area contributed by atoms with E-state index in [4.69, 9.17) is 9.47 Å². The van der Waals surface area contributed by atoms with E-state index in [1.54, 1.807) is 45.0 Å². The van der Waals surface area contributed by atoms with Crippen LogP contribution in [-0.4, -0.2) is 65.5 Å². The summed E-state index contributed by atoms with van der Waals surface area (Å²) >= 11 is 0. The number of nitrogens with zero attached hydrogens (tertiary/aromatic N) is 1. The number of carbonyl (C=O) groups is 5. The van der Waals surface area contributed by atoms with Crippen molar-refractivity contribution in [2.45, 2.75) is 70.7 Å². The number of rotatable bonds is 10. The molecule has 5 amide bonds. The largest absolute Gasteiger partial charge is 0.444 e. The van der Waals surface area contributed by atoms with Gasteiger partial charge in [-0.05, 0) is 52.2 Å². The van der Waals surface area contributed by atoms with Gasteiger partial charge in [0, 0.05) is 36.4 Å². The molecule has 37 heavy (non-hydrogen) atoms. The Kier molecular flexibility index (Phi) is 9.04. The summed E-state index contributed by atoms with van der Waals surface area (Å²) in [4.78, 5) is 64.0. The number of alkyl carbamates (subject to hydrolysis) is 1. The molecule has 0 aromatic heterocycles. The van der Waals surface area contributed by atoms with Crippen molar-refractivity contribution in [3.8, 4) is 0 Å². The highest BCUT2D eigenvalue weighted by molar-refractivity contribution is 6.07. The number of hydrogen-bond donors (Lipinski definition) is 3. The first-order valence-electron chi connectivity index (χ1n) is 12.3. The average Bonchev–Trinajstić information content (AvgIpc) is 3.14. The van der Waals surface area contributed by atoms with Gasteiger partial charge in [0.2, 0.25) is 17.7 Å². The van der Waals surface area contributed by atoms with E-state index in [1.807, 2.05) is 0 Å². The quantitative estimate of drug-likeness (QED) is 0.247. The van der Waals surface area contributed by atoms with E-state index in [1.165, 1.54) is 4.90 Å². The summed E-state index contributed by atoms with van der Waals surface area (Å²) in [5, 5.41) is 7.72. The number of ether oxygens (including phenoxy) is 2. The first-order chi connectivity index (χ1) is 17.5. The van der Waals surface area contributed by atoms with Crippen LogP contribution >= 0.6 is 0 Å². The number of benzene rings is 1. The number of carbonyl (C=O) groups excluding carboxylic acids is 5. The predicted molar refractivity (Wildman–Crippen MR) is 135 cm³/mol. The minimum absolute atomic E-state index is 0.108. The van der Waals surface area contributed by atoms with E-state index in [9.17, 15) is 24.0 Å². The summed E-state index contributed by atoms with van der Waals surface area (Å²) in [6, 6.07) is 3.25. The summed E-state index contributed by atoms with van der Waals surface area (Å²) in [5.41, 5.74) is 0.607. The van der Waals surface area contributed by atoms with Gasteiger partial charge in [0.05, 0.1) is 6.61 Å².